The summed E-state index contributed by atoms with van der Waals surface area (Å²) >= 11 is 0. The van der Waals surface area contributed by atoms with Gasteiger partial charge in [0.15, 0.2) is 5.78 Å². The fourth-order valence-corrected chi connectivity index (χ4v) is 2.40. The molecule has 0 saturated carbocycles. The largest absolute Gasteiger partial charge is 0.304 e. The third-order valence-corrected chi connectivity index (χ3v) is 3.74. The van der Waals surface area contributed by atoms with Crippen molar-refractivity contribution in [1.82, 2.24) is 14.8 Å². The summed E-state index contributed by atoms with van der Waals surface area (Å²) in [5.74, 6) is 0.202. The van der Waals surface area contributed by atoms with Gasteiger partial charge in [0, 0.05) is 50.1 Å². The number of hydrogen-bond acceptors (Lipinski definition) is 4. The highest BCUT2D eigenvalue weighted by atomic mass is 16.1. The minimum atomic E-state index is 0.202. The van der Waals surface area contributed by atoms with E-state index in [0.717, 1.165) is 30.8 Å². The standard InChI is InChI=1S/C14H21N3O/c1-11-4-5-15-9-13(11)14(18)8-12-10-16(2)6-7-17(12)3/h4-5,9,12H,6-8,10H2,1-3H3. The van der Waals surface area contributed by atoms with E-state index in [-0.39, 0.29) is 5.78 Å². The molecule has 4 nitrogen and oxygen atoms in total. The molecular formula is C14H21N3O. The van der Waals surface area contributed by atoms with Gasteiger partial charge in [0.2, 0.25) is 0 Å². The van der Waals surface area contributed by atoms with E-state index in [2.05, 4.69) is 28.9 Å². The minimum absolute atomic E-state index is 0.202. The molecule has 1 aromatic rings. The Bertz CT molecular complexity index is 433. The van der Waals surface area contributed by atoms with Crippen molar-refractivity contribution in [3.05, 3.63) is 29.6 Å². The van der Waals surface area contributed by atoms with E-state index in [0.29, 0.717) is 12.5 Å². The lowest BCUT2D eigenvalue weighted by molar-refractivity contribution is 0.0809. The third kappa shape index (κ3) is 2.94. The van der Waals surface area contributed by atoms with Gasteiger partial charge in [0.05, 0.1) is 0 Å². The fourth-order valence-electron chi connectivity index (χ4n) is 2.40. The summed E-state index contributed by atoms with van der Waals surface area (Å²) in [6, 6.07) is 2.21. The molecule has 4 heteroatoms. The average molecular weight is 247 g/mol. The van der Waals surface area contributed by atoms with Gasteiger partial charge >= 0.3 is 0 Å². The molecular weight excluding hydrogens is 226 g/mol. The van der Waals surface area contributed by atoms with E-state index >= 15 is 0 Å². The van der Waals surface area contributed by atoms with Crippen LogP contribution in [0.2, 0.25) is 0 Å². The van der Waals surface area contributed by atoms with Crippen molar-refractivity contribution in [1.29, 1.82) is 0 Å². The summed E-state index contributed by atoms with van der Waals surface area (Å²) in [6.45, 7) is 5.03. The Morgan fingerprint density at radius 1 is 1.44 bits per heavy atom. The lowest BCUT2D eigenvalue weighted by atomic mass is 9.99. The van der Waals surface area contributed by atoms with Gasteiger partial charge in [-0.3, -0.25) is 9.78 Å². The first-order valence-electron chi connectivity index (χ1n) is 6.40. The number of carbonyl (C=O) groups excluding carboxylic acids is 1. The molecule has 1 aliphatic rings. The minimum Gasteiger partial charge on any atom is -0.304 e. The van der Waals surface area contributed by atoms with Gasteiger partial charge in [-0.1, -0.05) is 0 Å². The molecule has 2 heterocycles. The van der Waals surface area contributed by atoms with E-state index in [4.69, 9.17) is 0 Å². The van der Waals surface area contributed by atoms with E-state index in [1.54, 1.807) is 12.4 Å². The molecule has 1 aromatic heterocycles. The molecule has 1 saturated heterocycles. The number of ketones is 1. The molecule has 1 atom stereocenters. The molecule has 0 amide bonds. The van der Waals surface area contributed by atoms with E-state index < -0.39 is 0 Å². The van der Waals surface area contributed by atoms with Gasteiger partial charge in [0.1, 0.15) is 0 Å². The number of nitrogens with zero attached hydrogens (tertiary/aromatic N) is 3. The maximum absolute atomic E-state index is 12.3. The van der Waals surface area contributed by atoms with Crippen LogP contribution in [0.4, 0.5) is 0 Å². The van der Waals surface area contributed by atoms with Crippen molar-refractivity contribution < 1.29 is 4.79 Å². The third-order valence-electron chi connectivity index (χ3n) is 3.74. The second kappa shape index (κ2) is 5.59. The quantitative estimate of drug-likeness (QED) is 0.752. The van der Waals surface area contributed by atoms with Gasteiger partial charge < -0.3 is 9.80 Å². The molecule has 0 aromatic carbocycles. The molecule has 0 bridgehead atoms. The van der Waals surface area contributed by atoms with Crippen molar-refractivity contribution in [2.75, 3.05) is 33.7 Å². The number of carbonyl (C=O) groups is 1. The fraction of sp³-hybridized carbons (Fsp3) is 0.571. The smallest absolute Gasteiger partial charge is 0.166 e. The summed E-state index contributed by atoms with van der Waals surface area (Å²) in [4.78, 5) is 20.9. The van der Waals surface area contributed by atoms with Crippen LogP contribution in [0.1, 0.15) is 22.3 Å². The Kier molecular flexibility index (Phi) is 4.09. The maximum Gasteiger partial charge on any atom is 0.166 e. The summed E-state index contributed by atoms with van der Waals surface area (Å²) < 4.78 is 0. The highest BCUT2D eigenvalue weighted by molar-refractivity contribution is 5.97. The Labute approximate surface area is 109 Å². The van der Waals surface area contributed by atoms with Crippen LogP contribution < -0.4 is 0 Å². The van der Waals surface area contributed by atoms with Crippen molar-refractivity contribution in [3.63, 3.8) is 0 Å². The zero-order valence-corrected chi connectivity index (χ0v) is 11.4. The molecule has 1 aliphatic heterocycles. The monoisotopic (exact) mass is 247 g/mol. The predicted octanol–water partition coefficient (Wildman–Crippen LogP) is 1.21. The Balaban J connectivity index is 2.05. The Morgan fingerprint density at radius 3 is 2.94 bits per heavy atom. The van der Waals surface area contributed by atoms with Crippen LogP contribution in [-0.2, 0) is 0 Å². The summed E-state index contributed by atoms with van der Waals surface area (Å²) in [7, 11) is 4.21. The van der Waals surface area contributed by atoms with Gasteiger partial charge in [-0.25, -0.2) is 0 Å². The van der Waals surface area contributed by atoms with E-state index in [1.807, 2.05) is 13.0 Å². The van der Waals surface area contributed by atoms with Crippen LogP contribution in [0, 0.1) is 6.92 Å². The second-order valence-corrected chi connectivity index (χ2v) is 5.21. The number of piperazine rings is 1. The van der Waals surface area contributed by atoms with Crippen molar-refractivity contribution >= 4 is 5.78 Å². The zero-order chi connectivity index (χ0) is 13.1. The molecule has 0 N–H and O–H groups in total. The molecule has 18 heavy (non-hydrogen) atoms. The number of pyridine rings is 1. The molecule has 2 rings (SSSR count). The first kappa shape index (κ1) is 13.2. The molecule has 98 valence electrons. The number of rotatable bonds is 3. The van der Waals surface area contributed by atoms with Crippen molar-refractivity contribution in [3.8, 4) is 0 Å². The average Bonchev–Trinajstić information content (AvgIpc) is 2.34. The normalized spacial score (nSPS) is 22.1. The van der Waals surface area contributed by atoms with E-state index in [1.165, 1.54) is 0 Å². The van der Waals surface area contributed by atoms with Gasteiger partial charge in [-0.2, -0.15) is 0 Å². The molecule has 0 spiro atoms. The number of likely N-dealkylation sites (N-methyl/N-ethyl adjacent to an activating group) is 2. The SMILES string of the molecule is Cc1ccncc1C(=O)CC1CN(C)CCN1C. The first-order chi connectivity index (χ1) is 8.58. The van der Waals surface area contributed by atoms with Crippen molar-refractivity contribution in [2.45, 2.75) is 19.4 Å². The van der Waals surface area contributed by atoms with E-state index in [9.17, 15) is 4.79 Å². The highest BCUT2D eigenvalue weighted by Crippen LogP contribution is 2.15. The number of hydrogen-bond donors (Lipinski definition) is 0. The summed E-state index contributed by atoms with van der Waals surface area (Å²) in [6.07, 6.45) is 3.99. The molecule has 1 fully saturated rings. The maximum atomic E-state index is 12.3. The molecule has 0 radical (unpaired) electrons. The first-order valence-corrected chi connectivity index (χ1v) is 6.40. The number of Topliss-reactive ketones (excluding diaryl/α,β-unsaturated/α-hetero) is 1. The second-order valence-electron chi connectivity index (χ2n) is 5.21. The van der Waals surface area contributed by atoms with Gasteiger partial charge in [-0.05, 0) is 32.6 Å². The molecule has 1 unspecified atom stereocenters. The van der Waals surface area contributed by atoms with Crippen molar-refractivity contribution in [2.24, 2.45) is 0 Å². The highest BCUT2D eigenvalue weighted by Gasteiger charge is 2.25. The lowest BCUT2D eigenvalue weighted by Gasteiger charge is -2.37. The summed E-state index contributed by atoms with van der Waals surface area (Å²) in [5.41, 5.74) is 1.78. The lowest BCUT2D eigenvalue weighted by Crippen LogP contribution is -2.50. The summed E-state index contributed by atoms with van der Waals surface area (Å²) in [5, 5.41) is 0. The van der Waals surface area contributed by atoms with Crippen LogP contribution in [0.15, 0.2) is 18.5 Å². The van der Waals surface area contributed by atoms with Crippen LogP contribution in [0.3, 0.4) is 0 Å². The molecule has 0 aliphatic carbocycles. The van der Waals surface area contributed by atoms with Gasteiger partial charge in [0.25, 0.3) is 0 Å². The Morgan fingerprint density at radius 2 is 2.22 bits per heavy atom. The topological polar surface area (TPSA) is 36.4 Å². The van der Waals surface area contributed by atoms with Crippen LogP contribution in [0.25, 0.3) is 0 Å². The Hall–Kier alpha value is -1.26. The zero-order valence-electron chi connectivity index (χ0n) is 11.4. The van der Waals surface area contributed by atoms with Gasteiger partial charge in [-0.15, -0.1) is 0 Å². The van der Waals surface area contributed by atoms with Crippen LogP contribution >= 0.6 is 0 Å². The van der Waals surface area contributed by atoms with Crippen LogP contribution in [-0.4, -0.2) is 60.3 Å². The van der Waals surface area contributed by atoms with Crippen LogP contribution in [0.5, 0.6) is 0 Å². The number of aryl methyl sites for hydroxylation is 1. The number of aromatic nitrogens is 1. The predicted molar refractivity (Wildman–Crippen MR) is 71.8 cm³/mol.